The number of amides is 2. The highest BCUT2D eigenvalue weighted by Crippen LogP contribution is 2.30. The molecular weight excluding hydrogens is 358 g/mol. The zero-order valence-corrected chi connectivity index (χ0v) is 17.4. The normalized spacial score (nSPS) is 19.2. The fourth-order valence-electron chi connectivity index (χ4n) is 3.49. The summed E-state index contributed by atoms with van der Waals surface area (Å²) in [5.74, 6) is 1.49. The molecule has 1 aliphatic carbocycles. The molecule has 0 unspecified atom stereocenters. The fourth-order valence-corrected chi connectivity index (χ4v) is 3.49. The molecule has 2 amide bonds. The zero-order chi connectivity index (χ0) is 20.5. The highest BCUT2D eigenvalue weighted by atomic mass is 16.5. The van der Waals surface area contributed by atoms with Gasteiger partial charge in [-0.2, -0.15) is 0 Å². The monoisotopic (exact) mass is 391 g/mol. The van der Waals surface area contributed by atoms with Crippen LogP contribution in [-0.4, -0.2) is 58.1 Å². The van der Waals surface area contributed by atoms with Crippen LogP contribution in [0.15, 0.2) is 18.2 Å². The molecule has 0 bridgehead atoms. The number of hydrogen-bond acceptors (Lipinski definition) is 5. The minimum atomic E-state index is -0.0223. The van der Waals surface area contributed by atoms with E-state index in [9.17, 15) is 9.59 Å². The van der Waals surface area contributed by atoms with Gasteiger partial charge in [-0.15, -0.1) is 0 Å². The van der Waals surface area contributed by atoms with Gasteiger partial charge < -0.3 is 25.0 Å². The van der Waals surface area contributed by atoms with Gasteiger partial charge in [0.2, 0.25) is 11.8 Å². The number of methoxy groups -OCH3 is 2. The minimum absolute atomic E-state index is 0.0223. The molecule has 0 spiro atoms. The van der Waals surface area contributed by atoms with E-state index in [4.69, 9.17) is 9.47 Å². The first kappa shape index (κ1) is 22.0. The Bertz CT molecular complexity index is 655. The van der Waals surface area contributed by atoms with E-state index < -0.39 is 0 Å². The van der Waals surface area contributed by atoms with Crippen LogP contribution in [-0.2, 0) is 16.1 Å². The van der Waals surface area contributed by atoms with Crippen LogP contribution < -0.4 is 20.1 Å². The van der Waals surface area contributed by atoms with Gasteiger partial charge in [0.1, 0.15) is 0 Å². The molecule has 7 heteroatoms. The lowest BCUT2D eigenvalue weighted by molar-refractivity contribution is -0.130. The molecule has 1 aromatic rings. The molecule has 0 radical (unpaired) electrons. The van der Waals surface area contributed by atoms with Crippen molar-refractivity contribution in [1.29, 1.82) is 0 Å². The maximum atomic E-state index is 12.5. The Morgan fingerprint density at radius 3 is 2.07 bits per heavy atom. The molecule has 0 aromatic heterocycles. The van der Waals surface area contributed by atoms with Crippen LogP contribution in [0.4, 0.5) is 0 Å². The van der Waals surface area contributed by atoms with Gasteiger partial charge in [0.25, 0.3) is 0 Å². The first-order valence-electron chi connectivity index (χ1n) is 9.85. The number of nitrogens with one attached hydrogen (secondary N) is 2. The van der Waals surface area contributed by atoms with Crippen LogP contribution in [0.3, 0.4) is 0 Å². The molecular formula is C21H33N3O4. The molecule has 1 saturated carbocycles. The summed E-state index contributed by atoms with van der Waals surface area (Å²) in [5, 5.41) is 6.00. The number of benzene rings is 1. The van der Waals surface area contributed by atoms with Crippen LogP contribution >= 0.6 is 0 Å². The van der Waals surface area contributed by atoms with Gasteiger partial charge in [-0.3, -0.25) is 9.59 Å². The second kappa shape index (κ2) is 10.9. The molecule has 0 heterocycles. The van der Waals surface area contributed by atoms with Crippen LogP contribution in [0.1, 0.15) is 31.2 Å². The highest BCUT2D eigenvalue weighted by molar-refractivity contribution is 5.81. The lowest BCUT2D eigenvalue weighted by Crippen LogP contribution is -2.39. The molecule has 1 aromatic carbocycles. The van der Waals surface area contributed by atoms with E-state index in [-0.39, 0.29) is 23.7 Å². The second-order valence-electron chi connectivity index (χ2n) is 7.55. The lowest BCUT2D eigenvalue weighted by atomic mass is 9.81. The van der Waals surface area contributed by atoms with Gasteiger partial charge in [-0.05, 0) is 57.5 Å². The molecule has 7 nitrogen and oxygen atoms in total. The Labute approximate surface area is 167 Å². The molecule has 2 N–H and O–H groups in total. The van der Waals surface area contributed by atoms with Crippen molar-refractivity contribution in [3.63, 3.8) is 0 Å². The molecule has 1 aliphatic rings. The second-order valence-corrected chi connectivity index (χ2v) is 7.55. The van der Waals surface area contributed by atoms with Crippen molar-refractivity contribution in [3.05, 3.63) is 23.8 Å². The highest BCUT2D eigenvalue weighted by Gasteiger charge is 2.29. The van der Waals surface area contributed by atoms with Gasteiger partial charge in [0.05, 0.1) is 14.2 Å². The topological polar surface area (TPSA) is 79.9 Å². The van der Waals surface area contributed by atoms with E-state index >= 15 is 0 Å². The number of hydrogen-bond donors (Lipinski definition) is 2. The van der Waals surface area contributed by atoms with E-state index in [1.54, 1.807) is 14.2 Å². The van der Waals surface area contributed by atoms with Crippen molar-refractivity contribution >= 4 is 11.8 Å². The standard InChI is InChI=1S/C21H33N3O4/c1-24(2)12-11-22-20(25)16-6-8-17(9-7-16)21(26)23-14-15-5-10-18(27-3)19(13-15)28-4/h5,10,13,16-17H,6-9,11-12,14H2,1-4H3,(H,22,25)(H,23,26). The maximum absolute atomic E-state index is 12.5. The summed E-state index contributed by atoms with van der Waals surface area (Å²) in [7, 11) is 7.16. The summed E-state index contributed by atoms with van der Waals surface area (Å²) in [6.07, 6.45) is 3.04. The van der Waals surface area contributed by atoms with Crippen molar-refractivity contribution in [3.8, 4) is 11.5 Å². The largest absolute Gasteiger partial charge is 0.493 e. The van der Waals surface area contributed by atoms with Gasteiger partial charge in [-0.25, -0.2) is 0 Å². The number of carbonyl (C=O) groups is 2. The predicted molar refractivity (Wildman–Crippen MR) is 108 cm³/mol. The summed E-state index contributed by atoms with van der Waals surface area (Å²) >= 11 is 0. The number of nitrogens with zero attached hydrogens (tertiary/aromatic N) is 1. The van der Waals surface area contributed by atoms with E-state index in [1.807, 2.05) is 37.2 Å². The van der Waals surface area contributed by atoms with Crippen molar-refractivity contribution in [2.45, 2.75) is 32.2 Å². The first-order chi connectivity index (χ1) is 13.4. The predicted octanol–water partition coefficient (Wildman–Crippen LogP) is 1.80. The first-order valence-corrected chi connectivity index (χ1v) is 9.85. The van der Waals surface area contributed by atoms with Gasteiger partial charge in [0.15, 0.2) is 11.5 Å². The Kier molecular flexibility index (Phi) is 8.57. The average molecular weight is 392 g/mol. The Morgan fingerprint density at radius 1 is 0.964 bits per heavy atom. The fraction of sp³-hybridized carbons (Fsp3) is 0.619. The Hall–Kier alpha value is -2.28. The van der Waals surface area contributed by atoms with Crippen LogP contribution in [0.25, 0.3) is 0 Å². The van der Waals surface area contributed by atoms with Gasteiger partial charge in [-0.1, -0.05) is 6.07 Å². The lowest BCUT2D eigenvalue weighted by Gasteiger charge is -2.27. The molecule has 0 atom stereocenters. The van der Waals surface area contributed by atoms with E-state index in [0.29, 0.717) is 24.6 Å². The summed E-state index contributed by atoms with van der Waals surface area (Å²) in [6.45, 7) is 1.95. The number of rotatable bonds is 9. The van der Waals surface area contributed by atoms with Crippen molar-refractivity contribution in [1.82, 2.24) is 15.5 Å². The third-order valence-electron chi connectivity index (χ3n) is 5.24. The molecule has 156 valence electrons. The van der Waals surface area contributed by atoms with Crippen LogP contribution in [0.2, 0.25) is 0 Å². The van der Waals surface area contributed by atoms with E-state index in [1.165, 1.54) is 0 Å². The molecule has 0 saturated heterocycles. The van der Waals surface area contributed by atoms with Crippen molar-refractivity contribution in [2.24, 2.45) is 11.8 Å². The minimum Gasteiger partial charge on any atom is -0.493 e. The van der Waals surface area contributed by atoms with Crippen LogP contribution in [0, 0.1) is 11.8 Å². The van der Waals surface area contributed by atoms with Gasteiger partial charge >= 0.3 is 0 Å². The Balaban J connectivity index is 1.75. The molecule has 0 aliphatic heterocycles. The zero-order valence-electron chi connectivity index (χ0n) is 17.4. The smallest absolute Gasteiger partial charge is 0.223 e. The number of carbonyl (C=O) groups excluding carboxylic acids is 2. The average Bonchev–Trinajstić information content (AvgIpc) is 2.71. The Morgan fingerprint density at radius 2 is 1.54 bits per heavy atom. The molecule has 1 fully saturated rings. The molecule has 28 heavy (non-hydrogen) atoms. The van der Waals surface area contributed by atoms with Crippen LogP contribution in [0.5, 0.6) is 11.5 Å². The summed E-state index contributed by atoms with van der Waals surface area (Å²) in [4.78, 5) is 26.8. The number of likely N-dealkylation sites (N-methyl/N-ethyl adjacent to an activating group) is 1. The summed E-state index contributed by atoms with van der Waals surface area (Å²) in [5.41, 5.74) is 0.958. The van der Waals surface area contributed by atoms with E-state index in [0.717, 1.165) is 37.8 Å². The molecule has 2 rings (SSSR count). The SMILES string of the molecule is COc1ccc(CNC(=O)C2CCC(C(=O)NCCN(C)C)CC2)cc1OC. The third-order valence-corrected chi connectivity index (χ3v) is 5.24. The quantitative estimate of drug-likeness (QED) is 0.671. The summed E-state index contributed by atoms with van der Waals surface area (Å²) < 4.78 is 10.5. The van der Waals surface area contributed by atoms with Crippen molar-refractivity contribution < 1.29 is 19.1 Å². The maximum Gasteiger partial charge on any atom is 0.223 e. The van der Waals surface area contributed by atoms with Gasteiger partial charge in [0, 0.05) is 31.5 Å². The number of ether oxygens (including phenoxy) is 2. The van der Waals surface area contributed by atoms with E-state index in [2.05, 4.69) is 10.6 Å². The summed E-state index contributed by atoms with van der Waals surface area (Å²) in [6, 6.07) is 5.62. The third kappa shape index (κ3) is 6.41. The van der Waals surface area contributed by atoms with Crippen molar-refractivity contribution in [2.75, 3.05) is 41.4 Å².